The van der Waals surface area contributed by atoms with Gasteiger partial charge in [0, 0.05) is 19.3 Å². The zero-order valence-corrected chi connectivity index (χ0v) is 13.3. The van der Waals surface area contributed by atoms with Gasteiger partial charge in [-0.3, -0.25) is 4.68 Å². The molecule has 1 unspecified atom stereocenters. The van der Waals surface area contributed by atoms with Crippen LogP contribution in [0.5, 0.6) is 5.75 Å². The van der Waals surface area contributed by atoms with Crippen molar-refractivity contribution in [1.82, 2.24) is 15.1 Å². The van der Waals surface area contributed by atoms with Gasteiger partial charge in [-0.2, -0.15) is 5.10 Å². The van der Waals surface area contributed by atoms with Crippen molar-refractivity contribution in [3.63, 3.8) is 0 Å². The van der Waals surface area contributed by atoms with Crippen molar-refractivity contribution in [3.8, 4) is 5.75 Å². The molecule has 4 nitrogen and oxygen atoms in total. The van der Waals surface area contributed by atoms with Gasteiger partial charge >= 0.3 is 0 Å². The number of hydrogen-bond donors (Lipinski definition) is 1. The predicted octanol–water partition coefficient (Wildman–Crippen LogP) is 3.10. The zero-order chi connectivity index (χ0) is 15.2. The number of hydrogen-bond acceptors (Lipinski definition) is 3. The number of aromatic nitrogens is 2. The first-order valence-corrected chi connectivity index (χ1v) is 7.50. The summed E-state index contributed by atoms with van der Waals surface area (Å²) in [4.78, 5) is 0. The molecule has 1 N–H and O–H groups in total. The lowest BCUT2D eigenvalue weighted by molar-refractivity contribution is 0.242. The fourth-order valence-corrected chi connectivity index (χ4v) is 2.47. The van der Waals surface area contributed by atoms with Gasteiger partial charge in [0.1, 0.15) is 5.75 Å². The van der Waals surface area contributed by atoms with E-state index >= 15 is 0 Å². The third kappa shape index (κ3) is 4.60. The molecule has 0 aliphatic carbocycles. The molecule has 4 heteroatoms. The second-order valence-corrected chi connectivity index (χ2v) is 5.64. The van der Waals surface area contributed by atoms with Crippen molar-refractivity contribution in [2.75, 3.05) is 7.05 Å². The summed E-state index contributed by atoms with van der Waals surface area (Å²) in [7, 11) is 3.95. The van der Waals surface area contributed by atoms with Crippen LogP contribution in [0, 0.1) is 0 Å². The van der Waals surface area contributed by atoms with E-state index in [-0.39, 0.29) is 6.10 Å². The Morgan fingerprint density at radius 1 is 1.33 bits per heavy atom. The maximum Gasteiger partial charge on any atom is 0.120 e. The number of nitrogens with one attached hydrogen (secondary N) is 1. The van der Waals surface area contributed by atoms with Crippen LogP contribution in [-0.2, 0) is 13.5 Å². The Hall–Kier alpha value is -1.81. The normalized spacial score (nSPS) is 12.6. The van der Waals surface area contributed by atoms with Crippen molar-refractivity contribution < 1.29 is 4.74 Å². The molecule has 0 saturated carbocycles. The van der Waals surface area contributed by atoms with Crippen LogP contribution in [0.3, 0.4) is 0 Å². The fraction of sp³-hybridized carbons (Fsp3) is 0.471. The van der Waals surface area contributed by atoms with Gasteiger partial charge in [-0.25, -0.2) is 0 Å². The Morgan fingerprint density at radius 3 is 2.76 bits per heavy atom. The molecule has 0 radical (unpaired) electrons. The lowest BCUT2D eigenvalue weighted by Gasteiger charge is -2.18. The molecule has 0 spiro atoms. The summed E-state index contributed by atoms with van der Waals surface area (Å²) in [6, 6.07) is 8.67. The van der Waals surface area contributed by atoms with Crippen molar-refractivity contribution in [3.05, 3.63) is 47.8 Å². The standard InChI is InChI=1S/C17H25N3O/c1-13(2)21-16-7-5-6-15(10-16)17(18-3)9-8-14-11-19-20(4)12-14/h5-7,10-13,17-18H,8-9H2,1-4H3. The van der Waals surface area contributed by atoms with Gasteiger partial charge < -0.3 is 10.1 Å². The molecule has 0 bridgehead atoms. The summed E-state index contributed by atoms with van der Waals surface area (Å²) in [5, 5.41) is 7.61. The SMILES string of the molecule is CNC(CCc1cnn(C)c1)c1cccc(OC(C)C)c1. The molecule has 1 heterocycles. The molecule has 1 aromatic carbocycles. The molecule has 2 aromatic rings. The average molecular weight is 287 g/mol. The summed E-state index contributed by atoms with van der Waals surface area (Å²) in [5.74, 6) is 0.934. The van der Waals surface area contributed by atoms with Crippen LogP contribution < -0.4 is 10.1 Å². The van der Waals surface area contributed by atoms with Crippen LogP contribution in [0.15, 0.2) is 36.7 Å². The first-order chi connectivity index (χ1) is 10.1. The molecule has 1 atom stereocenters. The highest BCUT2D eigenvalue weighted by Gasteiger charge is 2.11. The summed E-state index contributed by atoms with van der Waals surface area (Å²) >= 11 is 0. The summed E-state index contributed by atoms with van der Waals surface area (Å²) in [6.07, 6.45) is 6.25. The lowest BCUT2D eigenvalue weighted by Crippen LogP contribution is -2.17. The molecule has 0 amide bonds. The lowest BCUT2D eigenvalue weighted by atomic mass is 10.00. The highest BCUT2D eigenvalue weighted by molar-refractivity contribution is 5.31. The molecule has 2 rings (SSSR count). The van der Waals surface area contributed by atoms with Crippen molar-refractivity contribution in [2.24, 2.45) is 7.05 Å². The second kappa shape index (κ2) is 7.27. The van der Waals surface area contributed by atoms with Crippen molar-refractivity contribution in [2.45, 2.75) is 38.8 Å². The molecule has 21 heavy (non-hydrogen) atoms. The van der Waals surface area contributed by atoms with Crippen LogP contribution in [0.25, 0.3) is 0 Å². The molecule has 0 aliphatic heterocycles. The largest absolute Gasteiger partial charge is 0.491 e. The van der Waals surface area contributed by atoms with Crippen LogP contribution in [-0.4, -0.2) is 22.9 Å². The van der Waals surface area contributed by atoms with Crippen LogP contribution in [0.4, 0.5) is 0 Å². The van der Waals surface area contributed by atoms with Crippen LogP contribution in [0.2, 0.25) is 0 Å². The zero-order valence-electron chi connectivity index (χ0n) is 13.3. The number of aryl methyl sites for hydroxylation is 2. The third-order valence-electron chi connectivity index (χ3n) is 3.46. The minimum atomic E-state index is 0.198. The topological polar surface area (TPSA) is 39.1 Å². The first kappa shape index (κ1) is 15.6. The fourth-order valence-electron chi connectivity index (χ4n) is 2.47. The molecule has 114 valence electrons. The highest BCUT2D eigenvalue weighted by Crippen LogP contribution is 2.23. The third-order valence-corrected chi connectivity index (χ3v) is 3.46. The van der Waals surface area contributed by atoms with Gasteiger partial charge in [-0.05, 0) is 57.0 Å². The minimum absolute atomic E-state index is 0.198. The Bertz CT molecular complexity index is 563. The van der Waals surface area contributed by atoms with Crippen molar-refractivity contribution in [1.29, 1.82) is 0 Å². The Balaban J connectivity index is 2.02. The second-order valence-electron chi connectivity index (χ2n) is 5.64. The van der Waals surface area contributed by atoms with E-state index in [0.29, 0.717) is 6.04 Å². The maximum absolute atomic E-state index is 5.77. The number of benzene rings is 1. The molecular formula is C17H25N3O. The van der Waals surface area contributed by atoms with Gasteiger partial charge in [-0.1, -0.05) is 12.1 Å². The smallest absolute Gasteiger partial charge is 0.120 e. The molecule has 0 aliphatic rings. The Morgan fingerprint density at radius 2 is 2.14 bits per heavy atom. The van der Waals surface area contributed by atoms with E-state index in [2.05, 4.69) is 34.8 Å². The monoisotopic (exact) mass is 287 g/mol. The van der Waals surface area contributed by atoms with Gasteiger partial charge in [0.15, 0.2) is 0 Å². The van der Waals surface area contributed by atoms with E-state index in [1.165, 1.54) is 11.1 Å². The maximum atomic E-state index is 5.77. The van der Waals surface area contributed by atoms with Crippen LogP contribution in [0.1, 0.15) is 37.4 Å². The van der Waals surface area contributed by atoms with Gasteiger partial charge in [-0.15, -0.1) is 0 Å². The first-order valence-electron chi connectivity index (χ1n) is 7.50. The summed E-state index contributed by atoms with van der Waals surface area (Å²) in [6.45, 7) is 4.09. The van der Waals surface area contributed by atoms with E-state index in [1.54, 1.807) is 0 Å². The Kier molecular flexibility index (Phi) is 5.39. The summed E-state index contributed by atoms with van der Waals surface area (Å²) < 4.78 is 7.62. The van der Waals surface area contributed by atoms with Gasteiger partial charge in [0.05, 0.1) is 12.3 Å². The molecular weight excluding hydrogens is 262 g/mol. The Labute approximate surface area is 127 Å². The van der Waals surface area contributed by atoms with Gasteiger partial charge in [0.2, 0.25) is 0 Å². The van der Waals surface area contributed by atoms with Gasteiger partial charge in [0.25, 0.3) is 0 Å². The number of nitrogens with zero attached hydrogens (tertiary/aromatic N) is 2. The summed E-state index contributed by atoms with van der Waals surface area (Å²) in [5.41, 5.74) is 2.53. The quantitative estimate of drug-likeness (QED) is 0.850. The predicted molar refractivity (Wildman–Crippen MR) is 85.5 cm³/mol. The van der Waals surface area contributed by atoms with Crippen LogP contribution >= 0.6 is 0 Å². The number of ether oxygens (including phenoxy) is 1. The molecule has 0 fully saturated rings. The molecule has 0 saturated heterocycles. The number of rotatable bonds is 7. The van der Waals surface area contributed by atoms with E-state index in [1.807, 2.05) is 44.9 Å². The van der Waals surface area contributed by atoms with E-state index < -0.39 is 0 Å². The highest BCUT2D eigenvalue weighted by atomic mass is 16.5. The van der Waals surface area contributed by atoms with E-state index in [4.69, 9.17) is 4.74 Å². The molecule has 1 aromatic heterocycles. The van der Waals surface area contributed by atoms with E-state index in [0.717, 1.165) is 18.6 Å². The average Bonchev–Trinajstić information content (AvgIpc) is 2.85. The van der Waals surface area contributed by atoms with E-state index in [9.17, 15) is 0 Å². The minimum Gasteiger partial charge on any atom is -0.491 e. The van der Waals surface area contributed by atoms with Crippen molar-refractivity contribution >= 4 is 0 Å².